The molecule has 2 N–H and O–H groups in total. The minimum absolute atomic E-state index is 0. The molecular formula is C13H21ClN2O5S2. The zero-order valence-corrected chi connectivity index (χ0v) is 15.6. The maximum atomic E-state index is 12.6. The second-order valence-corrected chi connectivity index (χ2v) is 8.12. The fourth-order valence-electron chi connectivity index (χ4n) is 2.40. The first-order valence-corrected chi connectivity index (χ1v) is 9.19. The second-order valence-electron chi connectivity index (χ2n) is 5.16. The first-order chi connectivity index (χ1) is 10.4. The molecule has 0 bridgehead atoms. The van der Waals surface area contributed by atoms with Crippen molar-refractivity contribution in [1.82, 2.24) is 10.0 Å². The second kappa shape index (κ2) is 8.29. The quantitative estimate of drug-likeness (QED) is 0.745. The molecule has 0 aromatic carbocycles. The van der Waals surface area contributed by atoms with Gasteiger partial charge in [0.15, 0.2) is 9.96 Å². The van der Waals surface area contributed by atoms with Crippen LogP contribution >= 0.6 is 23.7 Å². The highest BCUT2D eigenvalue weighted by molar-refractivity contribution is 7.91. The van der Waals surface area contributed by atoms with E-state index in [2.05, 4.69) is 14.8 Å². The van der Waals surface area contributed by atoms with Crippen LogP contribution in [0.3, 0.4) is 0 Å². The summed E-state index contributed by atoms with van der Waals surface area (Å²) in [5.41, 5.74) is 0. The van der Waals surface area contributed by atoms with Crippen LogP contribution in [-0.2, 0) is 14.8 Å². The monoisotopic (exact) mass is 384 g/mol. The Kier molecular flexibility index (Phi) is 7.28. The SMILES string of the molecule is COC(=O)c1cc(OC)c(S(=O)(=O)NC2CCNC(C)C2)s1.Cl. The van der Waals surface area contributed by atoms with E-state index in [1.54, 1.807) is 0 Å². The van der Waals surface area contributed by atoms with Crippen molar-refractivity contribution in [2.75, 3.05) is 20.8 Å². The summed E-state index contributed by atoms with van der Waals surface area (Å²) in [4.78, 5) is 11.8. The summed E-state index contributed by atoms with van der Waals surface area (Å²) < 4.78 is 37.5. The molecule has 1 aromatic heterocycles. The number of sulfonamides is 1. The minimum Gasteiger partial charge on any atom is -0.494 e. The van der Waals surface area contributed by atoms with Gasteiger partial charge in [-0.25, -0.2) is 17.9 Å². The third-order valence-electron chi connectivity index (χ3n) is 3.46. The number of methoxy groups -OCH3 is 2. The van der Waals surface area contributed by atoms with Gasteiger partial charge in [-0.1, -0.05) is 0 Å². The number of rotatable bonds is 5. The molecule has 0 aliphatic carbocycles. The predicted molar refractivity (Wildman–Crippen MR) is 90.3 cm³/mol. The molecule has 1 aliphatic heterocycles. The van der Waals surface area contributed by atoms with E-state index in [-0.39, 0.29) is 39.3 Å². The van der Waals surface area contributed by atoms with E-state index in [1.807, 2.05) is 6.92 Å². The standard InChI is InChI=1S/C13H20N2O5S2.ClH/c1-8-6-9(4-5-14-8)15-22(17,18)13-10(19-2)7-11(21-13)12(16)20-3;/h7-9,14-15H,4-6H2,1-3H3;1H. The zero-order chi connectivity index (χ0) is 16.3. The number of carbonyl (C=O) groups excluding carboxylic acids is 1. The molecule has 23 heavy (non-hydrogen) atoms. The molecule has 1 aliphatic rings. The molecule has 1 fully saturated rings. The molecule has 132 valence electrons. The number of thiophene rings is 1. The number of hydrogen-bond donors (Lipinski definition) is 2. The van der Waals surface area contributed by atoms with Crippen molar-refractivity contribution in [2.45, 2.75) is 36.1 Å². The third kappa shape index (κ3) is 4.80. The Balaban J connectivity index is 0.00000264. The summed E-state index contributed by atoms with van der Waals surface area (Å²) in [5.74, 6) is -0.430. The van der Waals surface area contributed by atoms with Crippen LogP contribution in [0, 0.1) is 0 Å². The van der Waals surface area contributed by atoms with Crippen LogP contribution in [0.5, 0.6) is 5.75 Å². The molecule has 0 spiro atoms. The average Bonchev–Trinajstić information content (AvgIpc) is 2.91. The predicted octanol–water partition coefficient (Wildman–Crippen LogP) is 1.38. The fourth-order valence-corrected chi connectivity index (χ4v) is 5.20. The lowest BCUT2D eigenvalue weighted by Crippen LogP contribution is -2.46. The molecule has 2 atom stereocenters. The minimum atomic E-state index is -3.74. The van der Waals surface area contributed by atoms with Gasteiger partial charge in [0.05, 0.1) is 14.2 Å². The van der Waals surface area contributed by atoms with Crippen LogP contribution in [0.1, 0.15) is 29.4 Å². The lowest BCUT2D eigenvalue weighted by Gasteiger charge is -2.28. The Morgan fingerprint density at radius 2 is 2.13 bits per heavy atom. The highest BCUT2D eigenvalue weighted by atomic mass is 35.5. The fraction of sp³-hybridized carbons (Fsp3) is 0.615. The molecule has 10 heteroatoms. The molecule has 7 nitrogen and oxygen atoms in total. The number of ether oxygens (including phenoxy) is 2. The van der Waals surface area contributed by atoms with Crippen LogP contribution in [-0.4, -0.2) is 47.2 Å². The summed E-state index contributed by atoms with van der Waals surface area (Å²) in [6.45, 7) is 2.78. The van der Waals surface area contributed by atoms with Crippen LogP contribution in [0.25, 0.3) is 0 Å². The Bertz CT molecular complexity index is 647. The summed E-state index contributed by atoms with van der Waals surface area (Å²) in [6.07, 6.45) is 1.44. The van der Waals surface area contributed by atoms with Gasteiger partial charge in [-0.3, -0.25) is 0 Å². The Morgan fingerprint density at radius 1 is 1.43 bits per heavy atom. The maximum absolute atomic E-state index is 12.6. The highest BCUT2D eigenvalue weighted by Gasteiger charge is 2.29. The Labute approximate surface area is 146 Å². The normalized spacial score (nSPS) is 21.3. The van der Waals surface area contributed by atoms with E-state index >= 15 is 0 Å². The first-order valence-electron chi connectivity index (χ1n) is 6.89. The van der Waals surface area contributed by atoms with Crippen molar-refractivity contribution in [1.29, 1.82) is 0 Å². The van der Waals surface area contributed by atoms with Crippen molar-refractivity contribution in [2.24, 2.45) is 0 Å². The molecule has 0 radical (unpaired) electrons. The number of piperidine rings is 1. The van der Waals surface area contributed by atoms with E-state index in [9.17, 15) is 13.2 Å². The smallest absolute Gasteiger partial charge is 0.348 e. The maximum Gasteiger partial charge on any atom is 0.348 e. The van der Waals surface area contributed by atoms with Gasteiger partial charge in [0.1, 0.15) is 4.88 Å². The van der Waals surface area contributed by atoms with Gasteiger partial charge in [0.25, 0.3) is 10.0 Å². The van der Waals surface area contributed by atoms with Gasteiger partial charge in [0, 0.05) is 18.2 Å². The van der Waals surface area contributed by atoms with Crippen LogP contribution in [0.2, 0.25) is 0 Å². The van der Waals surface area contributed by atoms with E-state index in [4.69, 9.17) is 4.74 Å². The molecule has 1 aromatic rings. The van der Waals surface area contributed by atoms with E-state index in [0.717, 1.165) is 30.7 Å². The zero-order valence-electron chi connectivity index (χ0n) is 13.1. The van der Waals surface area contributed by atoms with Crippen molar-refractivity contribution >= 4 is 39.7 Å². The molecule has 1 saturated heterocycles. The van der Waals surface area contributed by atoms with Gasteiger partial charge < -0.3 is 14.8 Å². The number of hydrogen-bond acceptors (Lipinski definition) is 7. The van der Waals surface area contributed by atoms with E-state index in [0.29, 0.717) is 0 Å². The van der Waals surface area contributed by atoms with Gasteiger partial charge in [0.2, 0.25) is 0 Å². The van der Waals surface area contributed by atoms with E-state index in [1.165, 1.54) is 20.3 Å². The lowest BCUT2D eigenvalue weighted by atomic mass is 10.0. The van der Waals surface area contributed by atoms with Crippen molar-refractivity contribution in [3.63, 3.8) is 0 Å². The summed E-state index contributed by atoms with van der Waals surface area (Å²) in [6, 6.07) is 1.52. The first kappa shape index (κ1) is 20.2. The van der Waals surface area contributed by atoms with Crippen LogP contribution < -0.4 is 14.8 Å². The van der Waals surface area contributed by atoms with Gasteiger partial charge in [-0.2, -0.15) is 0 Å². The summed E-state index contributed by atoms with van der Waals surface area (Å²) >= 11 is 0.847. The number of nitrogens with one attached hydrogen (secondary N) is 2. The largest absolute Gasteiger partial charge is 0.494 e. The number of halogens is 1. The Hall–Kier alpha value is -0.870. The van der Waals surface area contributed by atoms with Gasteiger partial charge in [-0.05, 0) is 26.3 Å². The number of esters is 1. The topological polar surface area (TPSA) is 93.7 Å². The van der Waals surface area contributed by atoms with Crippen LogP contribution in [0.4, 0.5) is 0 Å². The Morgan fingerprint density at radius 3 is 2.70 bits per heavy atom. The highest BCUT2D eigenvalue weighted by Crippen LogP contribution is 2.34. The van der Waals surface area contributed by atoms with Crippen molar-refractivity contribution in [3.05, 3.63) is 10.9 Å². The van der Waals surface area contributed by atoms with Crippen molar-refractivity contribution in [3.8, 4) is 5.75 Å². The third-order valence-corrected chi connectivity index (χ3v) is 6.59. The van der Waals surface area contributed by atoms with Crippen LogP contribution in [0.15, 0.2) is 10.3 Å². The molecule has 2 unspecified atom stereocenters. The molecule has 2 rings (SSSR count). The summed E-state index contributed by atoms with van der Waals surface area (Å²) in [5, 5.41) is 3.27. The van der Waals surface area contributed by atoms with Crippen molar-refractivity contribution < 1.29 is 22.7 Å². The summed E-state index contributed by atoms with van der Waals surface area (Å²) in [7, 11) is -1.12. The lowest BCUT2D eigenvalue weighted by molar-refractivity contribution is 0.0606. The molecular weight excluding hydrogens is 364 g/mol. The number of carbonyl (C=O) groups is 1. The average molecular weight is 385 g/mol. The van der Waals surface area contributed by atoms with Gasteiger partial charge >= 0.3 is 5.97 Å². The molecule has 2 heterocycles. The molecule has 0 amide bonds. The van der Waals surface area contributed by atoms with E-state index < -0.39 is 16.0 Å². The molecule has 0 saturated carbocycles. The van der Waals surface area contributed by atoms with Gasteiger partial charge in [-0.15, -0.1) is 23.7 Å².